The lowest BCUT2D eigenvalue weighted by Crippen LogP contribution is -2.34. The van der Waals surface area contributed by atoms with Gasteiger partial charge in [-0.3, -0.25) is 4.79 Å². The zero-order valence-electron chi connectivity index (χ0n) is 9.94. The van der Waals surface area contributed by atoms with Crippen LogP contribution in [0.3, 0.4) is 0 Å². The van der Waals surface area contributed by atoms with Crippen LogP contribution in [0.4, 0.5) is 0 Å². The van der Waals surface area contributed by atoms with Crippen molar-refractivity contribution in [2.45, 2.75) is 19.8 Å². The number of rotatable bonds is 5. The fourth-order valence-electron chi connectivity index (χ4n) is 1.73. The van der Waals surface area contributed by atoms with E-state index in [-0.39, 0.29) is 12.5 Å². The molecule has 1 unspecified atom stereocenters. The summed E-state index contributed by atoms with van der Waals surface area (Å²) in [4.78, 5) is 11.1. The molecule has 3 N–H and O–H groups in total. The number of carbonyl (C=O) groups excluding carboxylic acids is 1. The van der Waals surface area contributed by atoms with Crippen LogP contribution in [0.2, 0.25) is 0 Å². The molecule has 0 heterocycles. The summed E-state index contributed by atoms with van der Waals surface area (Å²) < 4.78 is 0. The van der Waals surface area contributed by atoms with Crippen molar-refractivity contribution in [1.82, 2.24) is 5.32 Å². The molecule has 3 heteroatoms. The average molecular weight is 220 g/mol. The topological polar surface area (TPSA) is 55.1 Å². The Morgan fingerprint density at radius 1 is 1.31 bits per heavy atom. The summed E-state index contributed by atoms with van der Waals surface area (Å²) in [6, 6.07) is 10.2. The largest absolute Gasteiger partial charge is 0.354 e. The Balaban J connectivity index is 2.66. The van der Waals surface area contributed by atoms with Gasteiger partial charge in [-0.2, -0.15) is 0 Å². The van der Waals surface area contributed by atoms with Crippen LogP contribution >= 0.6 is 0 Å². The Hall–Kier alpha value is -1.35. The molecule has 1 aromatic carbocycles. The van der Waals surface area contributed by atoms with Gasteiger partial charge < -0.3 is 11.1 Å². The summed E-state index contributed by atoms with van der Waals surface area (Å²) in [5.74, 6) is 0.735. The molecule has 16 heavy (non-hydrogen) atoms. The number of hydrogen-bond donors (Lipinski definition) is 2. The molecule has 0 aromatic heterocycles. The average Bonchev–Trinajstić information content (AvgIpc) is 2.30. The second kappa shape index (κ2) is 6.28. The van der Waals surface area contributed by atoms with Crippen molar-refractivity contribution < 1.29 is 4.79 Å². The molecule has 0 aliphatic heterocycles. The highest BCUT2D eigenvalue weighted by Gasteiger charge is 2.15. The van der Waals surface area contributed by atoms with Gasteiger partial charge in [-0.25, -0.2) is 0 Å². The van der Waals surface area contributed by atoms with E-state index in [9.17, 15) is 4.79 Å². The van der Waals surface area contributed by atoms with Crippen molar-refractivity contribution in [3.63, 3.8) is 0 Å². The molecule has 0 fully saturated rings. The summed E-state index contributed by atoms with van der Waals surface area (Å²) >= 11 is 0. The normalized spacial score (nSPS) is 12.5. The monoisotopic (exact) mass is 220 g/mol. The maximum absolute atomic E-state index is 11.1. The van der Waals surface area contributed by atoms with Gasteiger partial charge in [0.05, 0.1) is 6.54 Å². The van der Waals surface area contributed by atoms with Crippen LogP contribution in [0.15, 0.2) is 30.3 Å². The van der Waals surface area contributed by atoms with Crippen molar-refractivity contribution in [3.8, 4) is 0 Å². The lowest BCUT2D eigenvalue weighted by atomic mass is 9.88. The SMILES string of the molecule is CC(C)C(CNC(=O)CN)c1ccccc1. The molecule has 0 spiro atoms. The molecule has 1 rings (SSSR count). The fraction of sp³-hybridized carbons (Fsp3) is 0.462. The van der Waals surface area contributed by atoms with Gasteiger partial charge in [-0.05, 0) is 11.5 Å². The Kier molecular flexibility index (Phi) is 4.99. The first kappa shape index (κ1) is 12.7. The Morgan fingerprint density at radius 3 is 2.44 bits per heavy atom. The third kappa shape index (κ3) is 3.66. The minimum Gasteiger partial charge on any atom is -0.354 e. The summed E-state index contributed by atoms with van der Waals surface area (Å²) in [6.45, 7) is 5.02. The van der Waals surface area contributed by atoms with Gasteiger partial charge >= 0.3 is 0 Å². The third-order valence-electron chi connectivity index (χ3n) is 2.74. The Morgan fingerprint density at radius 2 is 1.94 bits per heavy atom. The quantitative estimate of drug-likeness (QED) is 0.790. The molecule has 88 valence electrons. The van der Waals surface area contributed by atoms with E-state index in [0.29, 0.717) is 18.4 Å². The molecule has 1 amide bonds. The first-order valence-corrected chi connectivity index (χ1v) is 5.67. The molecule has 0 radical (unpaired) electrons. The first-order chi connectivity index (χ1) is 7.65. The van der Waals surface area contributed by atoms with Gasteiger partial charge in [0, 0.05) is 12.5 Å². The third-order valence-corrected chi connectivity index (χ3v) is 2.74. The molecule has 0 saturated heterocycles. The van der Waals surface area contributed by atoms with Crippen LogP contribution in [-0.4, -0.2) is 19.0 Å². The second-order valence-electron chi connectivity index (χ2n) is 4.27. The maximum Gasteiger partial charge on any atom is 0.233 e. The molecule has 0 aliphatic carbocycles. The van der Waals surface area contributed by atoms with Gasteiger partial charge in [0.2, 0.25) is 5.91 Å². The molecule has 3 nitrogen and oxygen atoms in total. The van der Waals surface area contributed by atoms with Crippen LogP contribution in [0.1, 0.15) is 25.3 Å². The van der Waals surface area contributed by atoms with Crippen LogP contribution in [0.25, 0.3) is 0 Å². The Labute approximate surface area is 97.0 Å². The van der Waals surface area contributed by atoms with Crippen molar-refractivity contribution in [2.24, 2.45) is 11.7 Å². The van der Waals surface area contributed by atoms with Crippen molar-refractivity contribution >= 4 is 5.91 Å². The smallest absolute Gasteiger partial charge is 0.233 e. The minimum absolute atomic E-state index is 0.0552. The molecule has 1 atom stereocenters. The van der Waals surface area contributed by atoms with Gasteiger partial charge in [0.1, 0.15) is 0 Å². The Bertz CT molecular complexity index is 322. The summed E-state index contributed by atoms with van der Waals surface area (Å²) in [5.41, 5.74) is 6.52. The minimum atomic E-state index is -0.0958. The zero-order valence-corrected chi connectivity index (χ0v) is 9.94. The second-order valence-corrected chi connectivity index (χ2v) is 4.27. The molecule has 0 bridgehead atoms. The molecule has 0 saturated carbocycles. The standard InChI is InChI=1S/C13H20N2O/c1-10(2)12(9-15-13(16)8-14)11-6-4-3-5-7-11/h3-7,10,12H,8-9,14H2,1-2H3,(H,15,16). The van der Waals surface area contributed by atoms with E-state index in [1.807, 2.05) is 18.2 Å². The highest BCUT2D eigenvalue weighted by atomic mass is 16.1. The number of carbonyl (C=O) groups is 1. The zero-order chi connectivity index (χ0) is 12.0. The van der Waals surface area contributed by atoms with E-state index < -0.39 is 0 Å². The van der Waals surface area contributed by atoms with Crippen LogP contribution < -0.4 is 11.1 Å². The number of hydrogen-bond acceptors (Lipinski definition) is 2. The van der Waals surface area contributed by atoms with Crippen molar-refractivity contribution in [2.75, 3.05) is 13.1 Å². The van der Waals surface area contributed by atoms with E-state index in [2.05, 4.69) is 31.3 Å². The van der Waals surface area contributed by atoms with Crippen LogP contribution in [-0.2, 0) is 4.79 Å². The number of amides is 1. The summed E-state index contributed by atoms with van der Waals surface area (Å²) in [5, 5.41) is 2.85. The molecular formula is C13H20N2O. The molecule has 0 aliphatic rings. The molecular weight excluding hydrogens is 200 g/mol. The van der Waals surface area contributed by atoms with Crippen LogP contribution in [0, 0.1) is 5.92 Å². The van der Waals surface area contributed by atoms with Gasteiger partial charge in [-0.1, -0.05) is 44.2 Å². The van der Waals surface area contributed by atoms with Gasteiger partial charge in [-0.15, -0.1) is 0 Å². The van der Waals surface area contributed by atoms with E-state index in [4.69, 9.17) is 5.73 Å². The predicted octanol–water partition coefficient (Wildman–Crippen LogP) is 1.50. The predicted molar refractivity (Wildman–Crippen MR) is 66.1 cm³/mol. The number of nitrogens with two attached hydrogens (primary N) is 1. The number of nitrogens with one attached hydrogen (secondary N) is 1. The fourth-order valence-corrected chi connectivity index (χ4v) is 1.73. The highest BCUT2D eigenvalue weighted by molar-refractivity contribution is 5.77. The van der Waals surface area contributed by atoms with E-state index >= 15 is 0 Å². The maximum atomic E-state index is 11.1. The first-order valence-electron chi connectivity index (χ1n) is 5.67. The van der Waals surface area contributed by atoms with Gasteiger partial charge in [0.15, 0.2) is 0 Å². The van der Waals surface area contributed by atoms with Crippen molar-refractivity contribution in [1.29, 1.82) is 0 Å². The lowest BCUT2D eigenvalue weighted by molar-refractivity contribution is -0.119. The highest BCUT2D eigenvalue weighted by Crippen LogP contribution is 2.23. The van der Waals surface area contributed by atoms with Gasteiger partial charge in [0.25, 0.3) is 0 Å². The summed E-state index contributed by atoms with van der Waals surface area (Å²) in [6.07, 6.45) is 0. The summed E-state index contributed by atoms with van der Waals surface area (Å²) in [7, 11) is 0. The molecule has 1 aromatic rings. The van der Waals surface area contributed by atoms with Crippen LogP contribution in [0.5, 0.6) is 0 Å². The van der Waals surface area contributed by atoms with Crippen molar-refractivity contribution in [3.05, 3.63) is 35.9 Å². The van der Waals surface area contributed by atoms with E-state index in [0.717, 1.165) is 0 Å². The van der Waals surface area contributed by atoms with E-state index in [1.54, 1.807) is 0 Å². The number of benzene rings is 1. The lowest BCUT2D eigenvalue weighted by Gasteiger charge is -2.21. The van der Waals surface area contributed by atoms with E-state index in [1.165, 1.54) is 5.56 Å².